The van der Waals surface area contributed by atoms with E-state index in [9.17, 15) is 9.90 Å². The molecule has 36 heavy (non-hydrogen) atoms. The molecule has 1 aromatic rings. The summed E-state index contributed by atoms with van der Waals surface area (Å²) in [4.78, 5) is 14.8. The summed E-state index contributed by atoms with van der Waals surface area (Å²) in [6.45, 7) is 10.5. The predicted octanol–water partition coefficient (Wildman–Crippen LogP) is 3.22. The van der Waals surface area contributed by atoms with Crippen molar-refractivity contribution in [1.82, 2.24) is 4.90 Å². The lowest BCUT2D eigenvalue weighted by atomic mass is 9.84. The van der Waals surface area contributed by atoms with Crippen molar-refractivity contribution in [2.45, 2.75) is 108 Å². The first kappa shape index (κ1) is 25.9. The molecule has 1 N–H and O–H groups in total. The van der Waals surface area contributed by atoms with Gasteiger partial charge in [-0.1, -0.05) is 30.3 Å². The summed E-state index contributed by atoms with van der Waals surface area (Å²) in [5.74, 6) is -0.921. The molecule has 8 atom stereocenters. The summed E-state index contributed by atoms with van der Waals surface area (Å²) >= 11 is 0. The van der Waals surface area contributed by atoms with Crippen LogP contribution < -0.4 is 0 Å². The molecule has 2 bridgehead atoms. The van der Waals surface area contributed by atoms with Crippen molar-refractivity contribution in [2.24, 2.45) is 5.92 Å². The molecule has 0 aliphatic carbocycles. The van der Waals surface area contributed by atoms with Gasteiger partial charge in [0.2, 0.25) is 0 Å². The Labute approximate surface area is 212 Å². The first-order valence-electron chi connectivity index (χ1n) is 13.0. The topological polar surface area (TPSA) is 95.9 Å². The third-order valence-electron chi connectivity index (χ3n) is 7.33. The molecule has 4 fully saturated rings. The number of aliphatic hydroxyl groups excluding tert-OH is 1. The zero-order chi connectivity index (χ0) is 25.7. The quantitative estimate of drug-likeness (QED) is 0.630. The average Bonchev–Trinajstić information content (AvgIpc) is 3.46. The number of fused-ring (bicyclic) bond motifs is 3. The number of nitrogens with zero attached hydrogens (tertiary/aromatic N) is 1. The van der Waals surface area contributed by atoms with Crippen LogP contribution in [0.4, 0.5) is 4.79 Å². The molecule has 0 unspecified atom stereocenters. The Balaban J connectivity index is 1.31. The lowest BCUT2D eigenvalue weighted by Crippen LogP contribution is -2.52. The van der Waals surface area contributed by atoms with Gasteiger partial charge in [0.25, 0.3) is 0 Å². The van der Waals surface area contributed by atoms with E-state index >= 15 is 0 Å². The summed E-state index contributed by atoms with van der Waals surface area (Å²) in [7, 11) is 0. The van der Waals surface area contributed by atoms with Gasteiger partial charge in [0, 0.05) is 5.92 Å². The highest BCUT2D eigenvalue weighted by Crippen LogP contribution is 2.42. The second kappa shape index (κ2) is 9.85. The minimum absolute atomic E-state index is 0.213. The monoisotopic (exact) mass is 505 g/mol. The SMILES string of the molecule is CC(C)(C)OC(=O)N1C[C@@H]2OC(C)(C)O[C@@H]2[C@@H]1CC[C@H]1[C@@H](O)[C@H]2CO[C@H](O2)[C@@H]1OCc1ccccc1. The fraction of sp³-hybridized carbons (Fsp3) is 0.741. The molecule has 4 heterocycles. The normalized spacial score (nSPS) is 37.2. The Bertz CT molecular complexity index is 918. The molecular formula is C27H39NO8. The summed E-state index contributed by atoms with van der Waals surface area (Å²) in [6, 6.07) is 9.67. The summed E-state index contributed by atoms with van der Waals surface area (Å²) in [6.07, 6.45) is -1.70. The molecule has 0 aromatic heterocycles. The summed E-state index contributed by atoms with van der Waals surface area (Å²) in [5.41, 5.74) is 0.434. The first-order valence-corrected chi connectivity index (χ1v) is 13.0. The van der Waals surface area contributed by atoms with Crippen molar-refractivity contribution in [3.8, 4) is 0 Å². The maximum absolute atomic E-state index is 13.1. The predicted molar refractivity (Wildman–Crippen MR) is 129 cm³/mol. The van der Waals surface area contributed by atoms with Crippen LogP contribution in [0.15, 0.2) is 30.3 Å². The maximum Gasteiger partial charge on any atom is 0.410 e. The molecule has 5 rings (SSSR count). The van der Waals surface area contributed by atoms with Crippen LogP contribution >= 0.6 is 0 Å². The van der Waals surface area contributed by atoms with Gasteiger partial charge in [0.05, 0.1) is 31.9 Å². The fourth-order valence-corrected chi connectivity index (χ4v) is 5.82. The van der Waals surface area contributed by atoms with Gasteiger partial charge in [-0.2, -0.15) is 0 Å². The number of carbonyl (C=O) groups is 1. The van der Waals surface area contributed by atoms with E-state index in [2.05, 4.69) is 0 Å². The third-order valence-corrected chi connectivity index (χ3v) is 7.33. The molecular weight excluding hydrogens is 466 g/mol. The number of benzene rings is 1. The second-order valence-electron chi connectivity index (χ2n) is 11.7. The standard InChI is InChI=1S/C27H39NO8/c1-26(2,3)36-25(30)28-13-19-23(35-27(4,5)34-19)18(28)12-11-17-21(29)20-15-32-24(33-20)22(17)31-14-16-9-7-6-8-10-16/h6-10,17-24,29H,11-15H2,1-5H3/t17-,18-,19-,20+,21+,22+,23+,24+/m0/s1. The molecule has 1 aromatic carbocycles. The van der Waals surface area contributed by atoms with Crippen molar-refractivity contribution in [3.63, 3.8) is 0 Å². The highest BCUT2D eigenvalue weighted by Gasteiger charge is 2.56. The van der Waals surface area contributed by atoms with Crippen LogP contribution in [0, 0.1) is 5.92 Å². The van der Waals surface area contributed by atoms with Crippen LogP contribution in [-0.4, -0.2) is 83.5 Å². The van der Waals surface area contributed by atoms with E-state index in [-0.39, 0.29) is 36.4 Å². The lowest BCUT2D eigenvalue weighted by molar-refractivity contribution is -0.230. The van der Waals surface area contributed by atoms with Gasteiger partial charge < -0.3 is 33.5 Å². The number of aliphatic hydroxyl groups is 1. The van der Waals surface area contributed by atoms with Crippen molar-refractivity contribution in [3.05, 3.63) is 35.9 Å². The number of rotatable bonds is 6. The van der Waals surface area contributed by atoms with Crippen LogP contribution in [0.1, 0.15) is 53.0 Å². The zero-order valence-corrected chi connectivity index (χ0v) is 21.8. The van der Waals surface area contributed by atoms with Crippen LogP contribution in [0.5, 0.6) is 0 Å². The molecule has 4 aliphatic rings. The number of hydrogen-bond donors (Lipinski definition) is 1. The van der Waals surface area contributed by atoms with E-state index in [1.165, 1.54) is 0 Å². The Hall–Kier alpha value is -1.75. The van der Waals surface area contributed by atoms with Crippen molar-refractivity contribution < 1.29 is 38.3 Å². The number of likely N-dealkylation sites (tertiary alicyclic amines) is 1. The van der Waals surface area contributed by atoms with Crippen LogP contribution in [-0.2, 0) is 35.0 Å². The Morgan fingerprint density at radius 2 is 1.89 bits per heavy atom. The second-order valence-corrected chi connectivity index (χ2v) is 11.7. The number of carbonyl (C=O) groups excluding carboxylic acids is 1. The molecule has 9 heteroatoms. The maximum atomic E-state index is 13.1. The first-order chi connectivity index (χ1) is 17.0. The minimum atomic E-state index is -0.728. The molecule has 0 spiro atoms. The van der Waals surface area contributed by atoms with Crippen LogP contribution in [0.3, 0.4) is 0 Å². The summed E-state index contributed by atoms with van der Waals surface area (Å²) < 4.78 is 36.0. The zero-order valence-electron chi connectivity index (χ0n) is 21.8. The van der Waals surface area contributed by atoms with Crippen molar-refractivity contribution in [2.75, 3.05) is 13.2 Å². The van der Waals surface area contributed by atoms with Gasteiger partial charge in [0.1, 0.15) is 30.0 Å². The molecule has 4 aliphatic heterocycles. The van der Waals surface area contributed by atoms with Gasteiger partial charge in [-0.15, -0.1) is 0 Å². The number of ether oxygens (including phenoxy) is 6. The van der Waals surface area contributed by atoms with E-state index in [0.29, 0.717) is 32.6 Å². The highest BCUT2D eigenvalue weighted by molar-refractivity contribution is 5.69. The minimum Gasteiger partial charge on any atom is -0.444 e. The molecule has 1 amide bonds. The van der Waals surface area contributed by atoms with Gasteiger partial charge in [-0.3, -0.25) is 4.90 Å². The fourth-order valence-electron chi connectivity index (χ4n) is 5.82. The van der Waals surface area contributed by atoms with E-state index < -0.39 is 29.9 Å². The number of hydrogen-bond acceptors (Lipinski definition) is 8. The number of amides is 1. The Morgan fingerprint density at radius 1 is 1.14 bits per heavy atom. The van der Waals surface area contributed by atoms with Crippen LogP contribution in [0.25, 0.3) is 0 Å². The largest absolute Gasteiger partial charge is 0.444 e. The molecule has 0 saturated carbocycles. The third kappa shape index (κ3) is 5.42. The molecule has 9 nitrogen and oxygen atoms in total. The summed E-state index contributed by atoms with van der Waals surface area (Å²) in [5, 5.41) is 11.1. The van der Waals surface area contributed by atoms with Crippen molar-refractivity contribution >= 4 is 6.09 Å². The molecule has 200 valence electrons. The average molecular weight is 506 g/mol. The van der Waals surface area contributed by atoms with Crippen LogP contribution in [0.2, 0.25) is 0 Å². The van der Waals surface area contributed by atoms with Gasteiger partial charge in [-0.05, 0) is 53.0 Å². The van der Waals surface area contributed by atoms with E-state index in [4.69, 9.17) is 28.4 Å². The van der Waals surface area contributed by atoms with E-state index in [1.807, 2.05) is 65.0 Å². The van der Waals surface area contributed by atoms with Gasteiger partial charge >= 0.3 is 6.09 Å². The lowest BCUT2D eigenvalue weighted by Gasteiger charge is -2.40. The van der Waals surface area contributed by atoms with Gasteiger partial charge in [-0.25, -0.2) is 4.79 Å². The molecule has 0 radical (unpaired) electrons. The Morgan fingerprint density at radius 3 is 2.61 bits per heavy atom. The van der Waals surface area contributed by atoms with Gasteiger partial charge in [0.15, 0.2) is 12.1 Å². The molecule has 4 saturated heterocycles. The smallest absolute Gasteiger partial charge is 0.410 e. The van der Waals surface area contributed by atoms with Crippen molar-refractivity contribution in [1.29, 1.82) is 0 Å². The highest BCUT2D eigenvalue weighted by atomic mass is 16.8. The Kier molecular flexibility index (Phi) is 7.08. The van der Waals surface area contributed by atoms with E-state index in [0.717, 1.165) is 5.56 Å². The van der Waals surface area contributed by atoms with E-state index in [1.54, 1.807) is 4.90 Å².